The van der Waals surface area contributed by atoms with Gasteiger partial charge in [0.25, 0.3) is 0 Å². The van der Waals surface area contributed by atoms with Gasteiger partial charge in [0, 0.05) is 23.2 Å². The van der Waals surface area contributed by atoms with Gasteiger partial charge in [-0.2, -0.15) is 11.8 Å². The fraction of sp³-hybridized carbons (Fsp3) is 0.727. The van der Waals surface area contributed by atoms with Crippen molar-refractivity contribution in [3.8, 4) is 0 Å². The molecule has 15 heavy (non-hydrogen) atoms. The lowest BCUT2D eigenvalue weighted by Gasteiger charge is -2.12. The Morgan fingerprint density at radius 2 is 2.20 bits per heavy atom. The third-order valence-corrected chi connectivity index (χ3v) is 4.40. The number of hydrogen-bond acceptors (Lipinski definition) is 4. The van der Waals surface area contributed by atoms with E-state index in [1.807, 2.05) is 11.8 Å². The lowest BCUT2D eigenvalue weighted by molar-refractivity contribution is 0.598. The van der Waals surface area contributed by atoms with E-state index in [0.29, 0.717) is 6.04 Å². The topological polar surface area (TPSA) is 24.9 Å². The smallest absolute Gasteiger partial charge is 0.0900 e. The van der Waals surface area contributed by atoms with Crippen molar-refractivity contribution in [1.29, 1.82) is 0 Å². The molecular formula is C11H20N2S2. The zero-order valence-corrected chi connectivity index (χ0v) is 11.6. The summed E-state index contributed by atoms with van der Waals surface area (Å²) in [6, 6.07) is 0.580. The quantitative estimate of drug-likeness (QED) is 0.833. The molecule has 1 heterocycles. The van der Waals surface area contributed by atoms with Gasteiger partial charge in [0.05, 0.1) is 10.7 Å². The fourth-order valence-corrected chi connectivity index (χ4v) is 2.95. The van der Waals surface area contributed by atoms with Crippen LogP contribution in [-0.2, 0) is 6.54 Å². The van der Waals surface area contributed by atoms with E-state index in [-0.39, 0.29) is 0 Å². The molecule has 0 amide bonds. The van der Waals surface area contributed by atoms with Crippen molar-refractivity contribution in [3.63, 3.8) is 0 Å². The Morgan fingerprint density at radius 1 is 1.47 bits per heavy atom. The lowest BCUT2D eigenvalue weighted by Crippen LogP contribution is -2.27. The van der Waals surface area contributed by atoms with Crippen LogP contribution in [0.2, 0.25) is 0 Å². The van der Waals surface area contributed by atoms with E-state index < -0.39 is 0 Å². The molecule has 0 aliphatic rings. The van der Waals surface area contributed by atoms with Gasteiger partial charge in [0.1, 0.15) is 0 Å². The maximum absolute atomic E-state index is 4.42. The van der Waals surface area contributed by atoms with E-state index in [1.54, 1.807) is 11.3 Å². The molecule has 4 heteroatoms. The van der Waals surface area contributed by atoms with Crippen LogP contribution < -0.4 is 5.32 Å². The number of nitrogens with zero attached hydrogens (tertiary/aromatic N) is 1. The van der Waals surface area contributed by atoms with E-state index >= 15 is 0 Å². The zero-order valence-electron chi connectivity index (χ0n) is 9.96. The molecule has 1 unspecified atom stereocenters. The summed E-state index contributed by atoms with van der Waals surface area (Å²) in [5.74, 6) is 2.39. The molecule has 0 spiro atoms. The van der Waals surface area contributed by atoms with Crippen LogP contribution in [0.3, 0.4) is 0 Å². The first-order valence-corrected chi connectivity index (χ1v) is 7.34. The molecule has 0 saturated carbocycles. The summed E-state index contributed by atoms with van der Waals surface area (Å²) >= 11 is 3.79. The van der Waals surface area contributed by atoms with Gasteiger partial charge in [-0.25, -0.2) is 4.98 Å². The maximum Gasteiger partial charge on any atom is 0.0900 e. The van der Waals surface area contributed by atoms with Crippen LogP contribution in [0.4, 0.5) is 0 Å². The summed E-state index contributed by atoms with van der Waals surface area (Å²) in [5, 5.41) is 4.70. The Morgan fingerprint density at radius 3 is 2.73 bits per heavy atom. The van der Waals surface area contributed by atoms with Crippen molar-refractivity contribution in [2.75, 3.05) is 11.5 Å². The monoisotopic (exact) mass is 244 g/mol. The normalized spacial score (nSPS) is 13.1. The minimum absolute atomic E-state index is 0.580. The molecule has 1 atom stereocenters. The van der Waals surface area contributed by atoms with Gasteiger partial charge in [-0.05, 0) is 26.5 Å². The van der Waals surface area contributed by atoms with Gasteiger partial charge >= 0.3 is 0 Å². The third kappa shape index (κ3) is 4.53. The fourth-order valence-electron chi connectivity index (χ4n) is 1.36. The SMILES string of the molecule is CCSCC(C)NCc1sc(C)nc1C. The van der Waals surface area contributed by atoms with Crippen molar-refractivity contribution in [2.24, 2.45) is 0 Å². The van der Waals surface area contributed by atoms with Gasteiger partial charge in [0.15, 0.2) is 0 Å². The summed E-state index contributed by atoms with van der Waals surface area (Å²) in [6.07, 6.45) is 0. The van der Waals surface area contributed by atoms with Crippen LogP contribution >= 0.6 is 23.1 Å². The van der Waals surface area contributed by atoms with Gasteiger partial charge in [-0.15, -0.1) is 11.3 Å². The molecule has 1 aromatic rings. The van der Waals surface area contributed by atoms with E-state index in [1.165, 1.54) is 27.1 Å². The van der Waals surface area contributed by atoms with Crippen molar-refractivity contribution in [3.05, 3.63) is 15.6 Å². The van der Waals surface area contributed by atoms with E-state index in [2.05, 4.69) is 38.0 Å². The maximum atomic E-state index is 4.42. The molecule has 0 aliphatic carbocycles. The molecule has 2 nitrogen and oxygen atoms in total. The Balaban J connectivity index is 2.33. The number of thioether (sulfide) groups is 1. The van der Waals surface area contributed by atoms with Gasteiger partial charge in [-0.3, -0.25) is 0 Å². The van der Waals surface area contributed by atoms with Crippen molar-refractivity contribution in [1.82, 2.24) is 10.3 Å². The largest absolute Gasteiger partial charge is 0.308 e. The number of nitrogens with one attached hydrogen (secondary N) is 1. The van der Waals surface area contributed by atoms with E-state index in [4.69, 9.17) is 0 Å². The molecule has 0 aliphatic heterocycles. The first-order valence-electron chi connectivity index (χ1n) is 5.37. The second-order valence-electron chi connectivity index (χ2n) is 3.68. The van der Waals surface area contributed by atoms with Crippen molar-refractivity contribution < 1.29 is 0 Å². The highest BCUT2D eigenvalue weighted by molar-refractivity contribution is 7.99. The average molecular weight is 244 g/mol. The number of rotatable bonds is 6. The van der Waals surface area contributed by atoms with Gasteiger partial charge < -0.3 is 5.32 Å². The highest BCUT2D eigenvalue weighted by atomic mass is 32.2. The minimum Gasteiger partial charge on any atom is -0.308 e. The van der Waals surface area contributed by atoms with Crippen molar-refractivity contribution in [2.45, 2.75) is 40.3 Å². The number of aromatic nitrogens is 1. The summed E-state index contributed by atoms with van der Waals surface area (Å²) < 4.78 is 0. The molecule has 1 rings (SSSR count). The highest BCUT2D eigenvalue weighted by Crippen LogP contribution is 2.16. The molecular weight excluding hydrogens is 224 g/mol. The molecule has 1 N–H and O–H groups in total. The summed E-state index contributed by atoms with van der Waals surface area (Å²) in [4.78, 5) is 5.80. The van der Waals surface area contributed by atoms with Crippen LogP contribution in [0, 0.1) is 13.8 Å². The second-order valence-corrected chi connectivity index (χ2v) is 6.29. The van der Waals surface area contributed by atoms with Crippen LogP contribution in [0.1, 0.15) is 29.4 Å². The van der Waals surface area contributed by atoms with Gasteiger partial charge in [-0.1, -0.05) is 6.92 Å². The predicted octanol–water partition coefficient (Wildman–Crippen LogP) is 2.99. The van der Waals surface area contributed by atoms with E-state index in [9.17, 15) is 0 Å². The zero-order chi connectivity index (χ0) is 11.3. The van der Waals surface area contributed by atoms with Gasteiger partial charge in [0.2, 0.25) is 0 Å². The molecule has 0 fully saturated rings. The van der Waals surface area contributed by atoms with E-state index in [0.717, 1.165) is 6.54 Å². The number of thiazole rings is 1. The highest BCUT2D eigenvalue weighted by Gasteiger charge is 2.06. The molecule has 0 bridgehead atoms. The number of aryl methyl sites for hydroxylation is 2. The third-order valence-electron chi connectivity index (χ3n) is 2.18. The predicted molar refractivity (Wildman–Crippen MR) is 70.9 cm³/mol. The summed E-state index contributed by atoms with van der Waals surface area (Å²) in [5.41, 5.74) is 1.18. The van der Waals surface area contributed by atoms with Crippen LogP contribution in [0.5, 0.6) is 0 Å². The minimum atomic E-state index is 0.580. The molecule has 0 saturated heterocycles. The Labute approximate surface area is 101 Å². The standard InChI is InChI=1S/C11H20N2S2/c1-5-14-7-8(2)12-6-11-9(3)13-10(4)15-11/h8,12H,5-7H2,1-4H3. The first-order chi connectivity index (χ1) is 7.13. The molecule has 86 valence electrons. The Bertz CT molecular complexity index is 297. The molecule has 1 aromatic heterocycles. The van der Waals surface area contributed by atoms with Crippen LogP contribution in [0.15, 0.2) is 0 Å². The second kappa shape index (κ2) is 6.51. The summed E-state index contributed by atoms with van der Waals surface area (Å²) in [7, 11) is 0. The number of hydrogen-bond donors (Lipinski definition) is 1. The van der Waals surface area contributed by atoms with Crippen LogP contribution in [0.25, 0.3) is 0 Å². The van der Waals surface area contributed by atoms with Crippen molar-refractivity contribution >= 4 is 23.1 Å². The molecule has 0 aromatic carbocycles. The Hall–Kier alpha value is -0.0600. The Kier molecular flexibility index (Phi) is 5.64. The summed E-state index contributed by atoms with van der Waals surface area (Å²) in [6.45, 7) is 9.56. The van der Waals surface area contributed by atoms with Crippen LogP contribution in [-0.4, -0.2) is 22.5 Å². The molecule has 0 radical (unpaired) electrons. The average Bonchev–Trinajstić information content (AvgIpc) is 2.51. The first kappa shape index (κ1) is 13.0. The lowest BCUT2D eigenvalue weighted by atomic mass is 10.3.